The predicted octanol–water partition coefficient (Wildman–Crippen LogP) is 5.13. The van der Waals surface area contributed by atoms with E-state index in [1.807, 2.05) is 31.0 Å². The molecule has 0 spiro atoms. The zero-order chi connectivity index (χ0) is 28.0. The SMILES string of the molecule is CC[C@H]1CN(C(C)c2ccc3nc(C)cnc3c2)[C@H](CC)CN1c1cc(=O)n(C)c2cn(C3CCCCO3)nc12. The van der Waals surface area contributed by atoms with Crippen LogP contribution < -0.4 is 10.5 Å². The van der Waals surface area contributed by atoms with E-state index in [4.69, 9.17) is 9.84 Å². The van der Waals surface area contributed by atoms with Crippen molar-refractivity contribution in [2.24, 2.45) is 7.05 Å². The van der Waals surface area contributed by atoms with Gasteiger partial charge in [0.2, 0.25) is 0 Å². The lowest BCUT2D eigenvalue weighted by atomic mass is 9.96. The van der Waals surface area contributed by atoms with Crippen LogP contribution in [0.15, 0.2) is 41.5 Å². The summed E-state index contributed by atoms with van der Waals surface area (Å²) in [5, 5.41) is 5.03. The fourth-order valence-corrected chi connectivity index (χ4v) is 6.54. The van der Waals surface area contributed by atoms with Crippen LogP contribution in [0.4, 0.5) is 5.69 Å². The third kappa shape index (κ3) is 4.79. The van der Waals surface area contributed by atoms with Gasteiger partial charge in [0.25, 0.3) is 5.56 Å². The molecule has 6 rings (SSSR count). The maximum absolute atomic E-state index is 13.2. The highest BCUT2D eigenvalue weighted by Gasteiger charge is 2.36. The molecule has 0 bridgehead atoms. The Kier molecular flexibility index (Phi) is 7.35. The normalized spacial score (nSPS) is 23.2. The lowest BCUT2D eigenvalue weighted by molar-refractivity contribution is -0.0390. The van der Waals surface area contributed by atoms with E-state index in [2.05, 4.69) is 58.7 Å². The van der Waals surface area contributed by atoms with E-state index in [9.17, 15) is 4.79 Å². The van der Waals surface area contributed by atoms with Crippen LogP contribution in [0.5, 0.6) is 0 Å². The van der Waals surface area contributed by atoms with E-state index in [-0.39, 0.29) is 23.9 Å². The number of pyridine rings is 1. The van der Waals surface area contributed by atoms with E-state index >= 15 is 0 Å². The van der Waals surface area contributed by atoms with Crippen molar-refractivity contribution in [2.75, 3.05) is 24.6 Å². The molecule has 0 saturated carbocycles. The number of nitrogens with zero attached hydrogens (tertiary/aromatic N) is 7. The van der Waals surface area contributed by atoms with Crippen LogP contribution in [0.2, 0.25) is 0 Å². The molecule has 2 aliphatic heterocycles. The average Bonchev–Trinajstić information content (AvgIpc) is 3.44. The fraction of sp³-hybridized carbons (Fsp3) is 0.548. The summed E-state index contributed by atoms with van der Waals surface area (Å²) in [6.07, 6.45) is 8.93. The van der Waals surface area contributed by atoms with E-state index in [0.29, 0.717) is 6.04 Å². The summed E-state index contributed by atoms with van der Waals surface area (Å²) >= 11 is 0. The maximum Gasteiger partial charge on any atom is 0.252 e. The highest BCUT2D eigenvalue weighted by molar-refractivity contribution is 5.88. The number of fused-ring (bicyclic) bond motifs is 2. The van der Waals surface area contributed by atoms with Crippen molar-refractivity contribution in [3.63, 3.8) is 0 Å². The molecule has 0 aliphatic carbocycles. The summed E-state index contributed by atoms with van der Waals surface area (Å²) in [5.41, 5.74) is 6.76. The maximum atomic E-state index is 13.2. The van der Waals surface area contributed by atoms with Crippen molar-refractivity contribution in [1.29, 1.82) is 0 Å². The quantitative estimate of drug-likeness (QED) is 0.334. The first-order chi connectivity index (χ1) is 19.4. The molecule has 4 atom stereocenters. The van der Waals surface area contributed by atoms with Gasteiger partial charge in [0.1, 0.15) is 11.7 Å². The molecule has 2 aliphatic rings. The van der Waals surface area contributed by atoms with Gasteiger partial charge in [-0.25, -0.2) is 9.67 Å². The van der Waals surface area contributed by atoms with Crippen LogP contribution in [-0.2, 0) is 11.8 Å². The molecule has 0 amide bonds. The molecule has 9 heteroatoms. The minimum Gasteiger partial charge on any atom is -0.364 e. The minimum atomic E-state index is -0.0669. The predicted molar refractivity (Wildman–Crippen MR) is 159 cm³/mol. The van der Waals surface area contributed by atoms with Gasteiger partial charge < -0.3 is 14.2 Å². The molecule has 0 radical (unpaired) electrons. The van der Waals surface area contributed by atoms with Crippen molar-refractivity contribution in [3.8, 4) is 0 Å². The molecule has 2 fully saturated rings. The lowest BCUT2D eigenvalue weighted by Gasteiger charge is -2.49. The van der Waals surface area contributed by atoms with Gasteiger partial charge in [-0.2, -0.15) is 5.10 Å². The first-order valence-electron chi connectivity index (χ1n) is 14.8. The Morgan fingerprint density at radius 2 is 1.90 bits per heavy atom. The molecule has 0 N–H and O–H groups in total. The molecule has 212 valence electrons. The van der Waals surface area contributed by atoms with Crippen molar-refractivity contribution in [1.82, 2.24) is 29.2 Å². The van der Waals surface area contributed by atoms with Gasteiger partial charge in [-0.1, -0.05) is 19.9 Å². The number of benzene rings is 1. The van der Waals surface area contributed by atoms with Crippen LogP contribution in [0.25, 0.3) is 22.1 Å². The molecule has 5 heterocycles. The molecule has 1 aromatic carbocycles. The Hall–Kier alpha value is -3.30. The van der Waals surface area contributed by atoms with Crippen LogP contribution >= 0.6 is 0 Å². The Balaban J connectivity index is 1.33. The van der Waals surface area contributed by atoms with Crippen molar-refractivity contribution < 1.29 is 4.74 Å². The van der Waals surface area contributed by atoms with Crippen LogP contribution in [-0.4, -0.2) is 61.0 Å². The second-order valence-corrected chi connectivity index (χ2v) is 11.5. The summed E-state index contributed by atoms with van der Waals surface area (Å²) in [6.45, 7) is 11.3. The van der Waals surface area contributed by atoms with Gasteiger partial charge >= 0.3 is 0 Å². The first-order valence-corrected chi connectivity index (χ1v) is 14.8. The zero-order valence-corrected chi connectivity index (χ0v) is 24.4. The Bertz CT molecular complexity index is 1570. The number of hydrogen-bond acceptors (Lipinski definition) is 7. The smallest absolute Gasteiger partial charge is 0.252 e. The molecule has 2 unspecified atom stereocenters. The number of anilines is 1. The standard InChI is InChI=1S/C31H41N7O2/c1-6-23-18-37(27-15-29(39)35(5)28-19-38(34-31(27)28)30-10-8-9-13-40-30)24(7-2)17-36(23)21(4)22-11-12-25-26(14-22)32-16-20(3)33-25/h11-12,14-16,19,21,23-24,30H,6-10,13,17-18H2,1-5H3/t21?,23-,24+,30?/m1/s1. The Morgan fingerprint density at radius 3 is 2.65 bits per heavy atom. The van der Waals surface area contributed by atoms with E-state index in [1.54, 1.807) is 10.6 Å². The van der Waals surface area contributed by atoms with Gasteiger partial charge in [-0.15, -0.1) is 0 Å². The van der Waals surface area contributed by atoms with Gasteiger partial charge in [0, 0.05) is 57.1 Å². The van der Waals surface area contributed by atoms with Crippen LogP contribution in [0, 0.1) is 6.92 Å². The number of piperazine rings is 1. The summed E-state index contributed by atoms with van der Waals surface area (Å²) in [4.78, 5) is 27.5. The minimum absolute atomic E-state index is 0.00202. The number of rotatable bonds is 6. The van der Waals surface area contributed by atoms with E-state index < -0.39 is 0 Å². The molecule has 9 nitrogen and oxygen atoms in total. The summed E-state index contributed by atoms with van der Waals surface area (Å²) in [6, 6.07) is 9.11. The second kappa shape index (κ2) is 10.9. The van der Waals surface area contributed by atoms with Crippen molar-refractivity contribution >= 4 is 27.8 Å². The van der Waals surface area contributed by atoms with E-state index in [1.165, 1.54) is 5.56 Å². The number of aromatic nitrogens is 5. The summed E-state index contributed by atoms with van der Waals surface area (Å²) < 4.78 is 9.68. The fourth-order valence-electron chi connectivity index (χ4n) is 6.54. The van der Waals surface area contributed by atoms with Crippen LogP contribution in [0.3, 0.4) is 0 Å². The topological polar surface area (TPSA) is 81.3 Å². The number of aryl methyl sites for hydroxylation is 2. The molecule has 3 aromatic heterocycles. The molecular weight excluding hydrogens is 502 g/mol. The van der Waals surface area contributed by atoms with Gasteiger partial charge in [-0.05, 0) is 63.6 Å². The Morgan fingerprint density at radius 1 is 1.07 bits per heavy atom. The summed E-state index contributed by atoms with van der Waals surface area (Å²) in [7, 11) is 1.84. The van der Waals surface area contributed by atoms with Gasteiger partial charge in [0.15, 0.2) is 0 Å². The van der Waals surface area contributed by atoms with Crippen molar-refractivity contribution in [2.45, 2.75) is 84.2 Å². The lowest BCUT2D eigenvalue weighted by Crippen LogP contribution is -2.58. The van der Waals surface area contributed by atoms with E-state index in [0.717, 1.165) is 85.2 Å². The molecular formula is C31H41N7O2. The zero-order valence-electron chi connectivity index (χ0n) is 24.4. The van der Waals surface area contributed by atoms with Crippen LogP contribution in [0.1, 0.15) is 76.4 Å². The highest BCUT2D eigenvalue weighted by Crippen LogP contribution is 2.35. The largest absolute Gasteiger partial charge is 0.364 e. The Labute approximate surface area is 235 Å². The highest BCUT2D eigenvalue weighted by atomic mass is 16.5. The number of hydrogen-bond donors (Lipinski definition) is 0. The average molecular weight is 544 g/mol. The third-order valence-electron chi connectivity index (χ3n) is 9.02. The van der Waals surface area contributed by atoms with Gasteiger partial charge in [-0.3, -0.25) is 14.7 Å². The van der Waals surface area contributed by atoms with Gasteiger partial charge in [0.05, 0.1) is 34.1 Å². The molecule has 4 aromatic rings. The first kappa shape index (κ1) is 26.9. The third-order valence-corrected chi connectivity index (χ3v) is 9.02. The summed E-state index contributed by atoms with van der Waals surface area (Å²) in [5.74, 6) is 0. The molecule has 40 heavy (non-hydrogen) atoms. The monoisotopic (exact) mass is 543 g/mol. The van der Waals surface area contributed by atoms with Crippen molar-refractivity contribution in [3.05, 3.63) is 58.3 Å². The molecule has 2 saturated heterocycles. The number of ether oxygens (including phenoxy) is 1. The second-order valence-electron chi connectivity index (χ2n) is 11.5.